The molecule has 0 spiro atoms. The topological polar surface area (TPSA) is 171 Å². The Balaban J connectivity index is 1.76. The number of benzene rings is 1. The number of phenols is 1. The number of aliphatic imine (C=N–C) groups is 1. The number of alkyl carbamates (subject to hydrolysis) is 1. The van der Waals surface area contributed by atoms with Gasteiger partial charge in [0.25, 0.3) is 5.91 Å². The summed E-state index contributed by atoms with van der Waals surface area (Å²) in [6.45, 7) is 4.20. The molecule has 0 saturated heterocycles. The molecule has 1 aliphatic heterocycles. The Morgan fingerprint density at radius 1 is 1.21 bits per heavy atom. The van der Waals surface area contributed by atoms with Gasteiger partial charge in [-0.2, -0.15) is 0 Å². The summed E-state index contributed by atoms with van der Waals surface area (Å²) in [5.74, 6) is -1.27. The van der Waals surface area contributed by atoms with Crippen LogP contribution in [-0.4, -0.2) is 79.6 Å². The summed E-state index contributed by atoms with van der Waals surface area (Å²) in [7, 11) is 0. The molecule has 0 aromatic heterocycles. The van der Waals surface area contributed by atoms with Gasteiger partial charge >= 0.3 is 12.1 Å². The van der Waals surface area contributed by atoms with Gasteiger partial charge in [0, 0.05) is 19.2 Å². The number of aromatic hydroxyl groups is 1. The van der Waals surface area contributed by atoms with Crippen molar-refractivity contribution in [2.45, 2.75) is 38.6 Å². The van der Waals surface area contributed by atoms with Gasteiger partial charge in [-0.15, -0.1) is 0 Å². The molecule has 1 aromatic rings. The van der Waals surface area contributed by atoms with Crippen molar-refractivity contribution in [2.24, 2.45) is 4.99 Å². The molecule has 1 heterocycles. The number of carboxylic acid groups (broad SMARTS) is 1. The Kier molecular flexibility index (Phi) is 11.3. The number of ether oxygens (including phenoxy) is 2. The fraction of sp³-hybridized carbons (Fsp3) is 0.545. The molecule has 0 saturated carbocycles. The second kappa shape index (κ2) is 14.4. The number of carbonyl (C=O) groups excluding carboxylic acids is 2. The number of rotatable bonds is 14. The van der Waals surface area contributed by atoms with Crippen molar-refractivity contribution < 1.29 is 34.1 Å². The molecule has 1 atom stereocenters. The zero-order valence-electron chi connectivity index (χ0n) is 19.3. The quantitative estimate of drug-likeness (QED) is 0.211. The van der Waals surface area contributed by atoms with Crippen LogP contribution in [0.2, 0.25) is 0 Å². The molecule has 188 valence electrons. The van der Waals surface area contributed by atoms with Gasteiger partial charge < -0.3 is 41.0 Å². The smallest absolute Gasteiger partial charge is 0.407 e. The zero-order valence-corrected chi connectivity index (χ0v) is 19.3. The van der Waals surface area contributed by atoms with E-state index in [1.807, 2.05) is 0 Å². The summed E-state index contributed by atoms with van der Waals surface area (Å²) in [5.41, 5.74) is -0.0578. The van der Waals surface area contributed by atoms with Gasteiger partial charge in [0.15, 0.2) is 5.96 Å². The first-order valence-corrected chi connectivity index (χ1v) is 11.3. The highest BCUT2D eigenvalue weighted by atomic mass is 16.5. The van der Waals surface area contributed by atoms with Crippen LogP contribution in [0.25, 0.3) is 0 Å². The van der Waals surface area contributed by atoms with Crippen LogP contribution < -0.4 is 26.0 Å². The number of guanidine groups is 1. The van der Waals surface area contributed by atoms with Crippen molar-refractivity contribution in [3.63, 3.8) is 0 Å². The van der Waals surface area contributed by atoms with Crippen LogP contribution in [0.4, 0.5) is 4.79 Å². The number of carbonyl (C=O) groups is 3. The lowest BCUT2D eigenvalue weighted by molar-refractivity contribution is -0.139. The maximum Gasteiger partial charge on any atom is 0.407 e. The lowest BCUT2D eigenvalue weighted by Crippen LogP contribution is -2.48. The minimum absolute atomic E-state index is 0.0578. The minimum atomic E-state index is -1.39. The van der Waals surface area contributed by atoms with Crippen LogP contribution >= 0.6 is 0 Å². The van der Waals surface area contributed by atoms with Crippen LogP contribution in [0, 0.1) is 0 Å². The molecule has 1 aliphatic rings. The molecule has 0 bridgehead atoms. The Bertz CT molecular complexity index is 862. The third-order valence-corrected chi connectivity index (χ3v) is 4.84. The number of hydrogen-bond donors (Lipinski definition) is 6. The van der Waals surface area contributed by atoms with Crippen LogP contribution in [0.15, 0.2) is 23.2 Å². The molecule has 2 amide bonds. The van der Waals surface area contributed by atoms with E-state index in [1.165, 1.54) is 18.2 Å². The fourth-order valence-corrected chi connectivity index (χ4v) is 3.02. The summed E-state index contributed by atoms with van der Waals surface area (Å²) < 4.78 is 10.5. The second-order valence-corrected chi connectivity index (χ2v) is 7.55. The maximum absolute atomic E-state index is 12.4. The van der Waals surface area contributed by atoms with E-state index in [0.717, 1.165) is 32.4 Å². The molecule has 12 heteroatoms. The van der Waals surface area contributed by atoms with E-state index in [1.54, 1.807) is 0 Å². The van der Waals surface area contributed by atoms with E-state index in [-0.39, 0.29) is 24.5 Å². The van der Waals surface area contributed by atoms with Crippen molar-refractivity contribution in [1.29, 1.82) is 0 Å². The number of nitrogens with zero attached hydrogens (tertiary/aromatic N) is 1. The van der Waals surface area contributed by atoms with Crippen LogP contribution in [-0.2, 0) is 9.53 Å². The van der Waals surface area contributed by atoms with E-state index in [0.29, 0.717) is 31.3 Å². The number of hydrogen-bond acceptors (Lipinski definition) is 9. The Hall–Kier alpha value is -3.70. The molecule has 0 aliphatic carbocycles. The van der Waals surface area contributed by atoms with Crippen LogP contribution in [0.3, 0.4) is 0 Å². The van der Waals surface area contributed by atoms with E-state index < -0.39 is 24.0 Å². The SMILES string of the molecule is CCCCCCOC(=O)N[C@@H](CNC(=O)c1ccc(OCCNC2=NCCN2)cc1O)C(=O)O. The van der Waals surface area contributed by atoms with Gasteiger partial charge in [0.05, 0.1) is 25.3 Å². The van der Waals surface area contributed by atoms with Gasteiger partial charge in [-0.25, -0.2) is 9.59 Å². The average Bonchev–Trinajstić information content (AvgIpc) is 3.32. The molecule has 2 rings (SSSR count). The van der Waals surface area contributed by atoms with Crippen LogP contribution in [0.1, 0.15) is 43.0 Å². The summed E-state index contributed by atoms with van der Waals surface area (Å²) >= 11 is 0. The third-order valence-electron chi connectivity index (χ3n) is 4.84. The first-order chi connectivity index (χ1) is 16.4. The van der Waals surface area contributed by atoms with E-state index in [2.05, 4.69) is 33.2 Å². The number of unbranched alkanes of at least 4 members (excludes halogenated alkanes) is 3. The van der Waals surface area contributed by atoms with Crippen molar-refractivity contribution in [3.05, 3.63) is 23.8 Å². The van der Waals surface area contributed by atoms with E-state index >= 15 is 0 Å². The van der Waals surface area contributed by atoms with Gasteiger partial charge in [0.2, 0.25) is 0 Å². The van der Waals surface area contributed by atoms with E-state index in [4.69, 9.17) is 9.47 Å². The van der Waals surface area contributed by atoms with Crippen molar-refractivity contribution in [3.8, 4) is 11.5 Å². The highest BCUT2D eigenvalue weighted by Crippen LogP contribution is 2.23. The van der Waals surface area contributed by atoms with Crippen molar-refractivity contribution in [2.75, 3.05) is 39.4 Å². The standard InChI is InChI=1S/C22H33N5O7/c1-2-3-4-5-11-34-22(32)27-17(20(30)31)14-26-19(29)16-7-6-15(13-18(16)28)33-12-10-25-21-23-8-9-24-21/h6-7,13,17,28H,2-5,8-12,14H2,1H3,(H,26,29)(H,27,32)(H,30,31)(H2,23,24,25)/t17-/m0/s1. The third kappa shape index (κ3) is 9.43. The van der Waals surface area contributed by atoms with Crippen LogP contribution in [0.5, 0.6) is 11.5 Å². The summed E-state index contributed by atoms with van der Waals surface area (Å²) in [6.07, 6.45) is 2.81. The maximum atomic E-state index is 12.4. The Labute approximate surface area is 198 Å². The number of phenolic OH excluding ortho intramolecular Hbond substituents is 1. The minimum Gasteiger partial charge on any atom is -0.507 e. The Morgan fingerprint density at radius 2 is 2.03 bits per heavy atom. The Morgan fingerprint density at radius 3 is 2.71 bits per heavy atom. The predicted octanol–water partition coefficient (Wildman–Crippen LogP) is 0.809. The summed E-state index contributed by atoms with van der Waals surface area (Å²) in [6, 6.07) is 2.79. The number of aliphatic carboxylic acids is 1. The highest BCUT2D eigenvalue weighted by molar-refractivity contribution is 5.97. The molecular formula is C22H33N5O7. The normalized spacial score (nSPS) is 13.3. The van der Waals surface area contributed by atoms with Crippen molar-refractivity contribution in [1.82, 2.24) is 21.3 Å². The largest absolute Gasteiger partial charge is 0.507 e. The lowest BCUT2D eigenvalue weighted by atomic mass is 10.1. The van der Waals surface area contributed by atoms with Crippen molar-refractivity contribution >= 4 is 23.9 Å². The first-order valence-electron chi connectivity index (χ1n) is 11.3. The summed E-state index contributed by atoms with van der Waals surface area (Å²) in [5, 5.41) is 30.2. The molecule has 0 fully saturated rings. The molecule has 6 N–H and O–H groups in total. The monoisotopic (exact) mass is 479 g/mol. The lowest BCUT2D eigenvalue weighted by Gasteiger charge is -2.16. The fourth-order valence-electron chi connectivity index (χ4n) is 3.02. The molecule has 34 heavy (non-hydrogen) atoms. The average molecular weight is 480 g/mol. The molecule has 0 unspecified atom stereocenters. The molecule has 12 nitrogen and oxygen atoms in total. The number of nitrogens with one attached hydrogen (secondary N) is 4. The first kappa shape index (κ1) is 26.6. The molecule has 1 aromatic carbocycles. The zero-order chi connectivity index (χ0) is 24.8. The molecular weight excluding hydrogens is 446 g/mol. The van der Waals surface area contributed by atoms with E-state index in [9.17, 15) is 24.6 Å². The van der Waals surface area contributed by atoms with Gasteiger partial charge in [0.1, 0.15) is 24.1 Å². The number of carboxylic acids is 1. The highest BCUT2D eigenvalue weighted by Gasteiger charge is 2.22. The molecule has 0 radical (unpaired) electrons. The summed E-state index contributed by atoms with van der Waals surface area (Å²) in [4.78, 5) is 39.8. The van der Waals surface area contributed by atoms with Gasteiger partial charge in [-0.3, -0.25) is 9.79 Å². The predicted molar refractivity (Wildman–Crippen MR) is 124 cm³/mol. The van der Waals surface area contributed by atoms with Gasteiger partial charge in [-0.05, 0) is 18.6 Å². The second-order valence-electron chi connectivity index (χ2n) is 7.55. The number of amides is 2. The van der Waals surface area contributed by atoms with Gasteiger partial charge in [-0.1, -0.05) is 26.2 Å².